The Kier molecular flexibility index (Phi) is 5.01. The van der Waals surface area contributed by atoms with Crippen molar-refractivity contribution in [3.63, 3.8) is 0 Å². The molecule has 0 bridgehead atoms. The number of nitriles is 1. The zero-order valence-electron chi connectivity index (χ0n) is 16.7. The highest BCUT2D eigenvalue weighted by Gasteiger charge is 2.20. The van der Waals surface area contributed by atoms with Crippen LogP contribution in [0.3, 0.4) is 0 Å². The summed E-state index contributed by atoms with van der Waals surface area (Å²) in [5, 5.41) is 20.7. The van der Waals surface area contributed by atoms with Crippen LogP contribution in [0.15, 0.2) is 65.6 Å². The molecule has 1 aromatic heterocycles. The fourth-order valence-corrected chi connectivity index (χ4v) is 3.95. The Hall–Kier alpha value is -4.03. The number of hydrogen-bond donors (Lipinski definition) is 1. The Bertz CT molecular complexity index is 1470. The van der Waals surface area contributed by atoms with E-state index in [0.717, 1.165) is 17.5 Å². The highest BCUT2D eigenvalue weighted by Crippen LogP contribution is 2.22. The van der Waals surface area contributed by atoms with Gasteiger partial charge in [0, 0.05) is 11.9 Å². The van der Waals surface area contributed by atoms with Crippen molar-refractivity contribution in [2.45, 2.75) is 11.8 Å². The summed E-state index contributed by atoms with van der Waals surface area (Å²) in [4.78, 5) is 14.2. The minimum absolute atomic E-state index is 0.0926. The minimum Gasteiger partial charge on any atom is -0.322 e. The highest BCUT2D eigenvalue weighted by molar-refractivity contribution is 7.90. The molecular weight excluding hydrogens is 414 g/mol. The number of benzene rings is 3. The standard InChI is InChI=1S/C22H17N5O3S/c1-14-3-7-17(8-4-14)27-25-19-9-6-16(12-20(19)26-27)24-22(28)18-11-15(13-23)5-10-21(18)31(2,29)30/h3-12H,1-2H3,(H,24,28). The quantitative estimate of drug-likeness (QED) is 0.530. The molecule has 9 heteroatoms. The zero-order valence-corrected chi connectivity index (χ0v) is 17.5. The number of aromatic nitrogens is 3. The molecule has 1 heterocycles. The van der Waals surface area contributed by atoms with E-state index in [9.17, 15) is 13.2 Å². The Morgan fingerprint density at radius 2 is 1.71 bits per heavy atom. The third-order valence-corrected chi connectivity index (χ3v) is 5.81. The van der Waals surface area contributed by atoms with Crippen molar-refractivity contribution in [3.05, 3.63) is 77.4 Å². The van der Waals surface area contributed by atoms with Gasteiger partial charge in [0.15, 0.2) is 9.84 Å². The first-order valence-corrected chi connectivity index (χ1v) is 11.1. The number of fused-ring (bicyclic) bond motifs is 1. The summed E-state index contributed by atoms with van der Waals surface area (Å²) in [6.45, 7) is 1.99. The van der Waals surface area contributed by atoms with Crippen LogP contribution in [0.1, 0.15) is 21.5 Å². The van der Waals surface area contributed by atoms with Crippen LogP contribution in [-0.2, 0) is 9.84 Å². The number of carbonyl (C=O) groups is 1. The number of nitrogens with one attached hydrogen (secondary N) is 1. The van der Waals surface area contributed by atoms with Crippen LogP contribution in [0.2, 0.25) is 0 Å². The second-order valence-electron chi connectivity index (χ2n) is 7.08. The maximum Gasteiger partial charge on any atom is 0.257 e. The normalized spacial score (nSPS) is 11.3. The van der Waals surface area contributed by atoms with Gasteiger partial charge < -0.3 is 5.32 Å². The average Bonchev–Trinajstić information content (AvgIpc) is 3.16. The Balaban J connectivity index is 1.67. The van der Waals surface area contributed by atoms with E-state index in [0.29, 0.717) is 16.7 Å². The number of anilines is 1. The lowest BCUT2D eigenvalue weighted by Gasteiger charge is -2.09. The average molecular weight is 431 g/mol. The molecule has 0 saturated heterocycles. The lowest BCUT2D eigenvalue weighted by atomic mass is 10.1. The number of carbonyl (C=O) groups excluding carboxylic acids is 1. The van der Waals surface area contributed by atoms with Gasteiger partial charge in [0.2, 0.25) is 0 Å². The van der Waals surface area contributed by atoms with E-state index in [2.05, 4.69) is 15.5 Å². The highest BCUT2D eigenvalue weighted by atomic mass is 32.2. The lowest BCUT2D eigenvalue weighted by Crippen LogP contribution is -2.16. The van der Waals surface area contributed by atoms with Crippen LogP contribution < -0.4 is 5.32 Å². The molecule has 1 N–H and O–H groups in total. The van der Waals surface area contributed by atoms with Gasteiger partial charge in [0.1, 0.15) is 11.0 Å². The first-order valence-electron chi connectivity index (χ1n) is 9.24. The summed E-state index contributed by atoms with van der Waals surface area (Å²) in [6.07, 6.45) is 1.01. The lowest BCUT2D eigenvalue weighted by molar-refractivity contribution is 0.102. The summed E-state index contributed by atoms with van der Waals surface area (Å²) >= 11 is 0. The molecule has 0 unspecified atom stereocenters. The molecular formula is C22H17N5O3S. The van der Waals surface area contributed by atoms with Crippen LogP contribution in [0, 0.1) is 18.3 Å². The van der Waals surface area contributed by atoms with Crippen LogP contribution >= 0.6 is 0 Å². The third kappa shape index (κ3) is 4.15. The second kappa shape index (κ2) is 7.66. The number of sulfone groups is 1. The smallest absolute Gasteiger partial charge is 0.257 e. The first-order chi connectivity index (χ1) is 14.7. The fraction of sp³-hybridized carbons (Fsp3) is 0.0909. The minimum atomic E-state index is -3.66. The first kappa shape index (κ1) is 20.3. The van der Waals surface area contributed by atoms with Gasteiger partial charge in [0.05, 0.1) is 27.8 Å². The molecule has 0 aliphatic heterocycles. The molecule has 154 valence electrons. The maximum atomic E-state index is 12.8. The fourth-order valence-electron chi connectivity index (χ4n) is 3.08. The molecule has 8 nitrogen and oxygen atoms in total. The van der Waals surface area contributed by atoms with E-state index >= 15 is 0 Å². The van der Waals surface area contributed by atoms with E-state index in [1.54, 1.807) is 18.2 Å². The number of aryl methyl sites for hydroxylation is 1. The van der Waals surface area contributed by atoms with Gasteiger partial charge in [-0.1, -0.05) is 17.7 Å². The van der Waals surface area contributed by atoms with Crippen molar-refractivity contribution < 1.29 is 13.2 Å². The van der Waals surface area contributed by atoms with E-state index in [-0.39, 0.29) is 16.0 Å². The molecule has 4 rings (SSSR count). The molecule has 0 atom stereocenters. The summed E-state index contributed by atoms with van der Waals surface area (Å²) in [7, 11) is -3.66. The summed E-state index contributed by atoms with van der Waals surface area (Å²) in [6, 6.07) is 18.6. The molecule has 0 fully saturated rings. The number of rotatable bonds is 4. The van der Waals surface area contributed by atoms with E-state index in [1.165, 1.54) is 23.0 Å². The number of hydrogen-bond acceptors (Lipinski definition) is 6. The molecule has 31 heavy (non-hydrogen) atoms. The Morgan fingerprint density at radius 3 is 2.39 bits per heavy atom. The van der Waals surface area contributed by atoms with Crippen molar-refractivity contribution in [2.75, 3.05) is 11.6 Å². The largest absolute Gasteiger partial charge is 0.322 e. The van der Waals surface area contributed by atoms with Crippen molar-refractivity contribution in [3.8, 4) is 11.8 Å². The maximum absolute atomic E-state index is 12.8. The summed E-state index contributed by atoms with van der Waals surface area (Å²) < 4.78 is 24.1. The van der Waals surface area contributed by atoms with Crippen LogP contribution in [-0.4, -0.2) is 35.6 Å². The molecule has 4 aromatic rings. The van der Waals surface area contributed by atoms with Crippen molar-refractivity contribution in [2.24, 2.45) is 0 Å². The molecule has 0 radical (unpaired) electrons. The van der Waals surface area contributed by atoms with Crippen LogP contribution in [0.25, 0.3) is 16.7 Å². The summed E-state index contributed by atoms with van der Waals surface area (Å²) in [5.74, 6) is -0.636. The topological polar surface area (TPSA) is 118 Å². The van der Waals surface area contributed by atoms with Crippen LogP contribution in [0.5, 0.6) is 0 Å². The predicted molar refractivity (Wildman–Crippen MR) is 116 cm³/mol. The van der Waals surface area contributed by atoms with Gasteiger partial charge in [-0.2, -0.15) is 10.1 Å². The number of amides is 1. The predicted octanol–water partition coefficient (Wildman–Crippen LogP) is 3.26. The molecule has 1 amide bonds. The molecule has 0 aliphatic carbocycles. The van der Waals surface area contributed by atoms with Crippen molar-refractivity contribution >= 4 is 32.5 Å². The van der Waals surface area contributed by atoms with Crippen LogP contribution in [0.4, 0.5) is 5.69 Å². The zero-order chi connectivity index (χ0) is 22.2. The van der Waals surface area contributed by atoms with Gasteiger partial charge in [-0.25, -0.2) is 8.42 Å². The third-order valence-electron chi connectivity index (χ3n) is 4.66. The van der Waals surface area contributed by atoms with Gasteiger partial charge in [-0.05, 0) is 55.5 Å². The van der Waals surface area contributed by atoms with Gasteiger partial charge >= 0.3 is 0 Å². The SMILES string of the molecule is Cc1ccc(-n2nc3ccc(NC(=O)c4cc(C#N)ccc4S(C)(=O)=O)cc3n2)cc1. The van der Waals surface area contributed by atoms with E-state index in [1.807, 2.05) is 37.3 Å². The number of nitrogens with zero attached hydrogens (tertiary/aromatic N) is 4. The summed E-state index contributed by atoms with van der Waals surface area (Å²) in [5.41, 5.74) is 3.65. The molecule has 0 saturated carbocycles. The van der Waals surface area contributed by atoms with E-state index in [4.69, 9.17) is 5.26 Å². The van der Waals surface area contributed by atoms with Gasteiger partial charge in [-0.3, -0.25) is 4.79 Å². The molecule has 3 aromatic carbocycles. The second-order valence-corrected chi connectivity index (χ2v) is 9.06. The molecule has 0 spiro atoms. The van der Waals surface area contributed by atoms with E-state index < -0.39 is 15.7 Å². The van der Waals surface area contributed by atoms with Crippen molar-refractivity contribution in [1.82, 2.24) is 15.0 Å². The Morgan fingerprint density at radius 1 is 1.00 bits per heavy atom. The van der Waals surface area contributed by atoms with Gasteiger partial charge in [0.25, 0.3) is 5.91 Å². The van der Waals surface area contributed by atoms with Gasteiger partial charge in [-0.15, -0.1) is 10.2 Å². The monoisotopic (exact) mass is 431 g/mol. The Labute approximate surface area is 178 Å². The van der Waals surface area contributed by atoms with Crippen molar-refractivity contribution in [1.29, 1.82) is 5.26 Å². The molecule has 0 aliphatic rings.